The maximum absolute atomic E-state index is 12.8. The van der Waals surface area contributed by atoms with Crippen LogP contribution in [-0.4, -0.2) is 31.1 Å². The second-order valence-corrected chi connectivity index (χ2v) is 10.2. The molecule has 9 nitrogen and oxygen atoms in total. The summed E-state index contributed by atoms with van der Waals surface area (Å²) >= 11 is 0. The molecule has 4 rings (SSSR count). The van der Waals surface area contributed by atoms with Crippen LogP contribution in [0.5, 0.6) is 5.75 Å². The first kappa shape index (κ1) is 23.7. The molecular weight excluding hydrogens is 456 g/mol. The zero-order valence-electron chi connectivity index (χ0n) is 19.3. The number of carbonyl (C=O) groups excluding carboxylic acids is 1. The molecule has 0 spiro atoms. The predicted molar refractivity (Wildman–Crippen MR) is 126 cm³/mol. The monoisotopic (exact) mass is 484 g/mol. The van der Waals surface area contributed by atoms with Gasteiger partial charge in [-0.1, -0.05) is 19.0 Å². The summed E-state index contributed by atoms with van der Waals surface area (Å²) in [6, 6.07) is 12.0. The van der Waals surface area contributed by atoms with Crippen LogP contribution in [0.4, 0.5) is 5.69 Å². The average molecular weight is 485 g/mol. The van der Waals surface area contributed by atoms with E-state index in [4.69, 9.17) is 9.26 Å². The van der Waals surface area contributed by atoms with Crippen LogP contribution in [-0.2, 0) is 10.0 Å². The van der Waals surface area contributed by atoms with Crippen LogP contribution < -0.4 is 14.8 Å². The summed E-state index contributed by atoms with van der Waals surface area (Å²) in [4.78, 5) is 17.4. The number of hydrogen-bond acceptors (Lipinski definition) is 7. The first-order chi connectivity index (χ1) is 16.3. The Balaban J connectivity index is 1.42. The summed E-state index contributed by atoms with van der Waals surface area (Å²) in [5.74, 6) is 1.77. The molecule has 0 radical (unpaired) electrons. The van der Waals surface area contributed by atoms with E-state index < -0.39 is 16.1 Å². The summed E-state index contributed by atoms with van der Waals surface area (Å²) in [5, 5.41) is 6.98. The van der Waals surface area contributed by atoms with Crippen LogP contribution >= 0.6 is 0 Å². The van der Waals surface area contributed by atoms with Crippen molar-refractivity contribution in [3.63, 3.8) is 0 Å². The largest absolute Gasteiger partial charge is 0.494 e. The van der Waals surface area contributed by atoms with E-state index in [1.165, 1.54) is 12.1 Å². The maximum Gasteiger partial charge on any atom is 0.261 e. The van der Waals surface area contributed by atoms with Gasteiger partial charge in [0.2, 0.25) is 5.89 Å². The number of ether oxygens (including phenoxy) is 1. The second kappa shape index (κ2) is 9.84. The zero-order chi connectivity index (χ0) is 24.3. The van der Waals surface area contributed by atoms with Crippen molar-refractivity contribution in [2.45, 2.75) is 50.5 Å². The third-order valence-electron chi connectivity index (χ3n) is 5.46. The Kier molecular flexibility index (Phi) is 6.87. The first-order valence-corrected chi connectivity index (χ1v) is 12.7. The van der Waals surface area contributed by atoms with E-state index in [1.807, 2.05) is 20.8 Å². The summed E-state index contributed by atoms with van der Waals surface area (Å²) in [5.41, 5.74) is 0.730. The van der Waals surface area contributed by atoms with Gasteiger partial charge in [-0.3, -0.25) is 9.52 Å². The van der Waals surface area contributed by atoms with E-state index in [1.54, 1.807) is 36.4 Å². The van der Waals surface area contributed by atoms with Gasteiger partial charge < -0.3 is 14.6 Å². The fourth-order valence-electron chi connectivity index (χ4n) is 3.40. The third kappa shape index (κ3) is 5.56. The van der Waals surface area contributed by atoms with Crippen molar-refractivity contribution in [1.29, 1.82) is 0 Å². The molecule has 3 aromatic rings. The summed E-state index contributed by atoms with van der Waals surface area (Å²) in [7, 11) is -3.78. The van der Waals surface area contributed by atoms with Gasteiger partial charge in [-0.25, -0.2) is 8.42 Å². The van der Waals surface area contributed by atoms with Crippen LogP contribution in [0.2, 0.25) is 0 Å². The van der Waals surface area contributed by atoms with Crippen LogP contribution in [0, 0.1) is 5.92 Å². The molecule has 1 unspecified atom stereocenters. The van der Waals surface area contributed by atoms with Crippen LogP contribution in [0.25, 0.3) is 0 Å². The normalized spacial score (nSPS) is 14.6. The number of sulfonamides is 1. The summed E-state index contributed by atoms with van der Waals surface area (Å²) in [6.45, 7) is 6.28. The van der Waals surface area contributed by atoms with Crippen molar-refractivity contribution < 1.29 is 22.5 Å². The van der Waals surface area contributed by atoms with Crippen molar-refractivity contribution in [2.75, 3.05) is 11.3 Å². The molecule has 1 fully saturated rings. The van der Waals surface area contributed by atoms with Gasteiger partial charge in [0.1, 0.15) is 11.8 Å². The Labute approximate surface area is 199 Å². The molecule has 180 valence electrons. The number of nitrogens with zero attached hydrogens (tertiary/aromatic N) is 2. The minimum absolute atomic E-state index is 0.0386. The van der Waals surface area contributed by atoms with Gasteiger partial charge in [0.25, 0.3) is 15.9 Å². The molecule has 1 aliphatic carbocycles. The minimum atomic E-state index is -3.78. The Morgan fingerprint density at radius 2 is 1.79 bits per heavy atom. The van der Waals surface area contributed by atoms with E-state index in [9.17, 15) is 13.2 Å². The molecule has 1 aromatic heterocycles. The van der Waals surface area contributed by atoms with E-state index >= 15 is 0 Å². The number of nitrogens with one attached hydrogen (secondary N) is 2. The van der Waals surface area contributed by atoms with E-state index in [2.05, 4.69) is 20.2 Å². The number of hydrogen-bond donors (Lipinski definition) is 2. The number of carbonyl (C=O) groups is 1. The molecular formula is C24H28N4O5S. The van der Waals surface area contributed by atoms with E-state index in [0.717, 1.165) is 12.8 Å². The van der Waals surface area contributed by atoms with Crippen LogP contribution in [0.1, 0.15) is 67.6 Å². The summed E-state index contributed by atoms with van der Waals surface area (Å²) < 4.78 is 38.6. The Morgan fingerprint density at radius 3 is 2.38 bits per heavy atom. The maximum atomic E-state index is 12.8. The topological polar surface area (TPSA) is 123 Å². The lowest BCUT2D eigenvalue weighted by molar-refractivity contribution is 0.0914. The molecule has 1 aliphatic rings. The predicted octanol–water partition coefficient (Wildman–Crippen LogP) is 4.27. The molecule has 0 aliphatic heterocycles. The fourth-order valence-corrected chi connectivity index (χ4v) is 4.46. The molecule has 34 heavy (non-hydrogen) atoms. The van der Waals surface area contributed by atoms with Gasteiger partial charge in [0.15, 0.2) is 5.82 Å². The molecule has 1 amide bonds. The third-order valence-corrected chi connectivity index (χ3v) is 6.86. The smallest absolute Gasteiger partial charge is 0.261 e. The van der Waals surface area contributed by atoms with Crippen LogP contribution in [0.15, 0.2) is 57.9 Å². The lowest BCUT2D eigenvalue weighted by atomic mass is 10.0. The molecule has 10 heteroatoms. The van der Waals surface area contributed by atoms with Gasteiger partial charge in [-0.2, -0.15) is 4.98 Å². The highest BCUT2D eigenvalue weighted by Gasteiger charge is 2.31. The van der Waals surface area contributed by atoms with E-state index in [0.29, 0.717) is 41.2 Å². The van der Waals surface area contributed by atoms with Crippen molar-refractivity contribution in [3.8, 4) is 5.75 Å². The van der Waals surface area contributed by atoms with Crippen molar-refractivity contribution in [1.82, 2.24) is 15.5 Å². The fraction of sp³-hybridized carbons (Fsp3) is 0.375. The Hall–Kier alpha value is -3.40. The van der Waals surface area contributed by atoms with Gasteiger partial charge in [0.05, 0.1) is 11.5 Å². The second-order valence-electron chi connectivity index (χ2n) is 8.55. The lowest BCUT2D eigenvalue weighted by Gasteiger charge is -2.18. The van der Waals surface area contributed by atoms with Crippen molar-refractivity contribution in [2.24, 2.45) is 5.92 Å². The zero-order valence-corrected chi connectivity index (χ0v) is 20.1. The summed E-state index contributed by atoms with van der Waals surface area (Å²) in [6.07, 6.45) is 2.12. The van der Waals surface area contributed by atoms with Crippen LogP contribution in [0.3, 0.4) is 0 Å². The van der Waals surface area contributed by atoms with Gasteiger partial charge in [0, 0.05) is 17.2 Å². The Bertz CT molecular complexity index is 1230. The average Bonchev–Trinajstić information content (AvgIpc) is 3.55. The molecule has 1 atom stereocenters. The number of benzene rings is 2. The van der Waals surface area contributed by atoms with Crippen molar-refractivity contribution >= 4 is 21.6 Å². The molecule has 2 N–H and O–H groups in total. The lowest BCUT2D eigenvalue weighted by Crippen LogP contribution is -2.32. The molecule has 0 bridgehead atoms. The highest BCUT2D eigenvalue weighted by atomic mass is 32.2. The van der Waals surface area contributed by atoms with Gasteiger partial charge >= 0.3 is 0 Å². The number of amides is 1. The number of aromatic nitrogens is 2. The SMILES string of the molecule is CCOc1ccc(S(=O)(=O)Nc2ccc(C(=O)NC(c3nc(C4CC4)no3)C(C)C)cc2)cc1. The van der Waals surface area contributed by atoms with Gasteiger partial charge in [-0.15, -0.1) is 0 Å². The standard InChI is InChI=1S/C24H28N4O5S/c1-4-32-19-11-13-20(14-12-19)34(30,31)28-18-9-7-17(8-10-18)23(29)25-21(15(2)3)24-26-22(27-33-24)16-5-6-16/h7-16,21,28H,4-6H2,1-3H3,(H,25,29). The van der Waals surface area contributed by atoms with Gasteiger partial charge in [-0.05, 0) is 74.2 Å². The molecule has 2 aromatic carbocycles. The van der Waals surface area contributed by atoms with Crippen molar-refractivity contribution in [3.05, 3.63) is 65.8 Å². The Morgan fingerprint density at radius 1 is 1.12 bits per heavy atom. The molecule has 1 heterocycles. The highest BCUT2D eigenvalue weighted by Crippen LogP contribution is 2.38. The quantitative estimate of drug-likeness (QED) is 0.440. The highest BCUT2D eigenvalue weighted by molar-refractivity contribution is 7.92. The van der Waals surface area contributed by atoms with E-state index in [-0.39, 0.29) is 16.7 Å². The number of rotatable bonds is 10. The molecule has 0 saturated heterocycles. The minimum Gasteiger partial charge on any atom is -0.494 e. The first-order valence-electron chi connectivity index (χ1n) is 11.3. The number of anilines is 1. The molecule has 1 saturated carbocycles.